The van der Waals surface area contributed by atoms with Gasteiger partial charge in [0.2, 0.25) is 0 Å². The molecule has 0 unspecified atom stereocenters. The number of aromatic nitrogens is 5. The SMILES string of the molecule is [2H]C([2H])([2H])c1cc(-n2c3cc(Oc4cccc(-n5[c](=[Pt])n(-c6c(-c7ccccc7)cccc6-c6cc(C(C)(C)C)cc(C(C)(C)C)c6)c6ccccc65)c4)ccc3c3cc4c5cccc6c7ccccc7n(c4cc32)c65)ncc1-c1ccc(C(C)(C)C)cc1. The Balaban J connectivity index is 0.901. The number of para-hydroxylation sites is 5. The first-order valence-electron chi connectivity index (χ1n) is 31.2. The van der Waals surface area contributed by atoms with Crippen LogP contribution in [0.15, 0.2) is 225 Å². The minimum absolute atomic E-state index is 0.0615. The maximum atomic E-state index is 9.00. The van der Waals surface area contributed by atoms with Gasteiger partial charge in [0.25, 0.3) is 0 Å². The standard InChI is InChI=1S/C79H67N5O.Pt/c1-49-39-74(80-47-67(49)51-33-35-53(36-34-51)77(2,3)4)83-71-44-58(37-38-62(71)65-45-66-64-29-20-28-63-61-25-14-15-30-68(61)84(76(63)64)73(66)46-72(65)83)85-57-24-18-23-56(43-57)81-48-82(70-32-17-16-31-69(70)81)75-59(50-21-12-11-13-22-50)26-19-27-60(75)52-40-54(78(5,6)7)42-55(41-52)79(8,9)10;/h11-47H,1-10H3;/i1D3;. The van der Waals surface area contributed by atoms with Crippen LogP contribution in [0.5, 0.6) is 11.5 Å². The fourth-order valence-electron chi connectivity index (χ4n) is 13.1. The Labute approximate surface area is 517 Å². The summed E-state index contributed by atoms with van der Waals surface area (Å²) >= 11 is 2.52. The molecular formula is C79H67N5OPt. The van der Waals surface area contributed by atoms with Gasteiger partial charge in [-0.15, -0.1) is 0 Å². The predicted molar refractivity (Wildman–Crippen MR) is 356 cm³/mol. The number of hydrogen-bond donors (Lipinski definition) is 0. The van der Waals surface area contributed by atoms with Crippen molar-refractivity contribution in [3.05, 3.63) is 251 Å². The van der Waals surface area contributed by atoms with E-state index in [2.05, 4.69) is 288 Å². The van der Waals surface area contributed by atoms with Gasteiger partial charge in [-0.25, -0.2) is 0 Å². The minimum Gasteiger partial charge on any atom is -0.0579 e. The van der Waals surface area contributed by atoms with Crippen molar-refractivity contribution in [3.8, 4) is 62.1 Å². The van der Waals surface area contributed by atoms with E-state index in [0.717, 1.165) is 86.7 Å². The molecule has 15 aromatic rings. The summed E-state index contributed by atoms with van der Waals surface area (Å²) < 4.78 is 44.3. The van der Waals surface area contributed by atoms with E-state index >= 15 is 0 Å². The zero-order valence-corrected chi connectivity index (χ0v) is 52.1. The molecule has 5 heterocycles. The molecule has 0 saturated heterocycles. The number of fused-ring (bicyclic) bond motifs is 10. The van der Waals surface area contributed by atoms with Crippen LogP contribution in [0.3, 0.4) is 0 Å². The Morgan fingerprint density at radius 2 is 0.965 bits per heavy atom. The minimum atomic E-state index is -2.45. The molecule has 10 aromatic carbocycles. The average molecular weight is 1300 g/mol. The second kappa shape index (κ2) is 19.7. The van der Waals surface area contributed by atoms with Crippen molar-refractivity contribution in [1.29, 1.82) is 0 Å². The Kier molecular flexibility index (Phi) is 11.5. The van der Waals surface area contributed by atoms with Crippen molar-refractivity contribution in [2.45, 2.75) is 85.4 Å². The number of nitrogens with zero attached hydrogens (tertiary/aromatic N) is 5. The van der Waals surface area contributed by atoms with E-state index in [0.29, 0.717) is 22.9 Å². The molecule has 0 atom stereocenters. The number of imidazole rings is 1. The molecule has 0 aliphatic carbocycles. The second-order valence-corrected chi connectivity index (χ2v) is 27.3. The molecule has 0 amide bonds. The number of hydrogen-bond acceptors (Lipinski definition) is 2. The second-order valence-electron chi connectivity index (χ2n) is 26.2. The Morgan fingerprint density at radius 3 is 1.67 bits per heavy atom. The van der Waals surface area contributed by atoms with Crippen LogP contribution in [-0.2, 0) is 35.6 Å². The zero-order chi connectivity index (χ0) is 61.6. The summed E-state index contributed by atoms with van der Waals surface area (Å²) in [5.41, 5.74) is 19.1. The molecule has 0 bridgehead atoms. The number of aryl methyl sites for hydroxylation is 1. The number of rotatable bonds is 8. The van der Waals surface area contributed by atoms with Gasteiger partial charge in [-0.3, -0.25) is 0 Å². The van der Waals surface area contributed by atoms with Crippen molar-refractivity contribution in [3.63, 3.8) is 0 Å². The van der Waals surface area contributed by atoms with Crippen LogP contribution in [0.25, 0.3) is 122 Å². The van der Waals surface area contributed by atoms with Gasteiger partial charge in [0.15, 0.2) is 0 Å². The Morgan fingerprint density at radius 1 is 0.395 bits per heavy atom. The molecular weight excluding hydrogens is 1230 g/mol. The van der Waals surface area contributed by atoms with Gasteiger partial charge in [0.05, 0.1) is 16.6 Å². The summed E-state index contributed by atoms with van der Waals surface area (Å²) in [7, 11) is 0. The van der Waals surface area contributed by atoms with E-state index in [9.17, 15) is 0 Å². The fraction of sp³-hybridized carbons (Fsp3) is 0.165. The van der Waals surface area contributed by atoms with E-state index in [1.807, 2.05) is 24.3 Å². The Bertz CT molecular complexity index is 5380. The molecule has 0 fully saturated rings. The van der Waals surface area contributed by atoms with Crippen molar-refractivity contribution < 1.29 is 28.2 Å². The third-order valence-electron chi connectivity index (χ3n) is 17.6. The van der Waals surface area contributed by atoms with Gasteiger partial charge in [-0.2, -0.15) is 0 Å². The Hall–Kier alpha value is -9.09. The molecule has 15 rings (SSSR count). The summed E-state index contributed by atoms with van der Waals surface area (Å²) in [6.07, 6.45) is 1.74. The van der Waals surface area contributed by atoms with E-state index in [1.54, 1.807) is 12.3 Å². The van der Waals surface area contributed by atoms with Gasteiger partial charge in [-0.05, 0) is 35.0 Å². The van der Waals surface area contributed by atoms with Crippen LogP contribution in [0.1, 0.15) is 88.7 Å². The third kappa shape index (κ3) is 8.70. The molecule has 6 nitrogen and oxygen atoms in total. The van der Waals surface area contributed by atoms with Crippen molar-refractivity contribution in [2.75, 3.05) is 0 Å². The summed E-state index contributed by atoms with van der Waals surface area (Å²) in [5.74, 6) is 1.78. The van der Waals surface area contributed by atoms with E-state index in [1.165, 1.54) is 43.9 Å². The summed E-state index contributed by atoms with van der Waals surface area (Å²) in [6, 6.07) is 77.7. The molecule has 424 valence electrons. The maximum absolute atomic E-state index is 9.00. The van der Waals surface area contributed by atoms with Crippen LogP contribution in [-0.4, -0.2) is 23.1 Å². The predicted octanol–water partition coefficient (Wildman–Crippen LogP) is 21.1. The molecule has 7 heteroatoms. The molecule has 86 heavy (non-hydrogen) atoms. The van der Waals surface area contributed by atoms with Crippen LogP contribution in [0.4, 0.5) is 0 Å². The third-order valence-corrected chi connectivity index (χ3v) is 18.6. The average Bonchev–Trinajstić information content (AvgIpc) is 1.55. The van der Waals surface area contributed by atoms with Gasteiger partial charge in [-0.1, -0.05) is 81.4 Å². The molecule has 0 N–H and O–H groups in total. The van der Waals surface area contributed by atoms with Crippen molar-refractivity contribution in [2.24, 2.45) is 0 Å². The summed E-state index contributed by atoms with van der Waals surface area (Å²) in [5, 5.41) is 6.74. The van der Waals surface area contributed by atoms with Crippen LogP contribution >= 0.6 is 0 Å². The normalized spacial score (nSPS) is 13.3. The topological polar surface area (TPSA) is 41.3 Å². The quantitative estimate of drug-likeness (QED) is 0.152. The number of benzene rings is 10. The van der Waals surface area contributed by atoms with Crippen LogP contribution in [0.2, 0.25) is 0 Å². The summed E-state index contributed by atoms with van der Waals surface area (Å²) in [4.78, 5) is 5.20. The van der Waals surface area contributed by atoms with Gasteiger partial charge < -0.3 is 4.40 Å². The van der Waals surface area contributed by atoms with Gasteiger partial charge in [0.1, 0.15) is 0 Å². The molecule has 0 spiro atoms. The van der Waals surface area contributed by atoms with Crippen LogP contribution < -0.4 is 4.74 Å². The van der Waals surface area contributed by atoms with Crippen LogP contribution in [0, 0.1) is 10.7 Å². The molecule has 0 aliphatic rings. The molecule has 0 radical (unpaired) electrons. The van der Waals surface area contributed by atoms with E-state index in [4.69, 9.17) is 13.8 Å². The van der Waals surface area contributed by atoms with Gasteiger partial charge >= 0.3 is 346 Å². The van der Waals surface area contributed by atoms with E-state index < -0.39 is 6.85 Å². The molecule has 0 aliphatic heterocycles. The smallest absolute Gasteiger partial charge is 0.0579 e. The molecule has 0 saturated carbocycles. The zero-order valence-electron chi connectivity index (χ0n) is 52.8. The first kappa shape index (κ1) is 50.3. The first-order chi connectivity index (χ1) is 42.6. The van der Waals surface area contributed by atoms with Crippen molar-refractivity contribution >= 4 is 70.9 Å². The first-order valence-corrected chi connectivity index (χ1v) is 30.8. The monoisotopic (exact) mass is 1300 g/mol. The van der Waals surface area contributed by atoms with E-state index in [-0.39, 0.29) is 21.8 Å². The fourth-order valence-corrected chi connectivity index (χ4v) is 14.2. The molecule has 5 aromatic heterocycles. The summed E-state index contributed by atoms with van der Waals surface area (Å²) in [6.45, 7) is 17.9. The number of pyridine rings is 1. The number of ether oxygens (including phenoxy) is 1. The van der Waals surface area contributed by atoms with Gasteiger partial charge in [0, 0.05) is 37.4 Å². The van der Waals surface area contributed by atoms with Crippen molar-refractivity contribution in [1.82, 2.24) is 23.1 Å².